The fourth-order valence-electron chi connectivity index (χ4n) is 0.930. The van der Waals surface area contributed by atoms with Gasteiger partial charge in [-0.05, 0) is 19.1 Å². The van der Waals surface area contributed by atoms with Gasteiger partial charge in [0, 0.05) is 6.07 Å². The van der Waals surface area contributed by atoms with Crippen LogP contribution in [-0.2, 0) is 4.84 Å². The van der Waals surface area contributed by atoms with Crippen molar-refractivity contribution in [1.29, 1.82) is 0 Å². The Morgan fingerprint density at radius 2 is 2.23 bits per heavy atom. The molecule has 0 aliphatic heterocycles. The van der Waals surface area contributed by atoms with Crippen molar-refractivity contribution < 1.29 is 9.57 Å². The zero-order valence-corrected chi connectivity index (χ0v) is 7.83. The van der Waals surface area contributed by atoms with Gasteiger partial charge in [0.1, 0.15) is 5.75 Å². The van der Waals surface area contributed by atoms with Gasteiger partial charge < -0.3 is 10.5 Å². The third-order valence-electron chi connectivity index (χ3n) is 1.57. The van der Waals surface area contributed by atoms with Crippen LogP contribution in [0.1, 0.15) is 6.92 Å². The van der Waals surface area contributed by atoms with Gasteiger partial charge in [-0.2, -0.15) is 0 Å². The highest BCUT2D eigenvalue weighted by Gasteiger charge is 1.99. The zero-order chi connectivity index (χ0) is 9.68. The molecule has 0 saturated carbocycles. The van der Waals surface area contributed by atoms with Crippen LogP contribution in [-0.4, -0.2) is 13.7 Å². The summed E-state index contributed by atoms with van der Waals surface area (Å²) in [6.07, 6.45) is 0. The minimum atomic E-state index is 0.604. The number of hydrogen-bond donors (Lipinski definition) is 2. The first-order valence-corrected chi connectivity index (χ1v) is 4.09. The lowest BCUT2D eigenvalue weighted by Gasteiger charge is -2.08. The molecular weight excluding hydrogens is 168 g/mol. The Morgan fingerprint density at radius 3 is 2.85 bits per heavy atom. The molecule has 0 radical (unpaired) electrons. The quantitative estimate of drug-likeness (QED) is 0.549. The Labute approximate surface area is 77.6 Å². The van der Waals surface area contributed by atoms with E-state index in [9.17, 15) is 0 Å². The zero-order valence-electron chi connectivity index (χ0n) is 7.83. The number of nitrogens with two attached hydrogens (primary N) is 1. The van der Waals surface area contributed by atoms with E-state index in [1.54, 1.807) is 19.2 Å². The molecular formula is C9H14N2O2. The van der Waals surface area contributed by atoms with E-state index in [2.05, 4.69) is 5.48 Å². The molecule has 0 aliphatic carbocycles. The van der Waals surface area contributed by atoms with Crippen LogP contribution in [0.3, 0.4) is 0 Å². The predicted molar refractivity (Wildman–Crippen MR) is 52.7 cm³/mol. The van der Waals surface area contributed by atoms with Gasteiger partial charge in [-0.3, -0.25) is 10.3 Å². The SMILES string of the molecule is CCONc1ccc(N)c(OC)c1. The van der Waals surface area contributed by atoms with Crippen molar-refractivity contribution in [2.75, 3.05) is 24.9 Å². The molecule has 1 aromatic carbocycles. The fraction of sp³-hybridized carbons (Fsp3) is 0.333. The average Bonchev–Trinajstić information content (AvgIpc) is 2.16. The third kappa shape index (κ3) is 2.52. The fourth-order valence-corrected chi connectivity index (χ4v) is 0.930. The van der Waals surface area contributed by atoms with Gasteiger partial charge in [-0.15, -0.1) is 0 Å². The van der Waals surface area contributed by atoms with Crippen LogP contribution in [0, 0.1) is 0 Å². The molecule has 0 heterocycles. The number of anilines is 2. The van der Waals surface area contributed by atoms with Crippen molar-refractivity contribution in [1.82, 2.24) is 0 Å². The van der Waals surface area contributed by atoms with Crippen molar-refractivity contribution in [3.8, 4) is 5.75 Å². The Balaban J connectivity index is 2.74. The minimum Gasteiger partial charge on any atom is -0.495 e. The standard InChI is InChI=1S/C9H14N2O2/c1-3-13-11-7-4-5-8(10)9(6-7)12-2/h4-6,11H,3,10H2,1-2H3. The van der Waals surface area contributed by atoms with Gasteiger partial charge >= 0.3 is 0 Å². The van der Waals surface area contributed by atoms with Crippen molar-refractivity contribution in [3.63, 3.8) is 0 Å². The number of nitrogen functional groups attached to an aromatic ring is 1. The number of benzene rings is 1. The minimum absolute atomic E-state index is 0.604. The highest BCUT2D eigenvalue weighted by molar-refractivity contribution is 5.60. The summed E-state index contributed by atoms with van der Waals surface area (Å²) >= 11 is 0. The summed E-state index contributed by atoms with van der Waals surface area (Å²) in [5.41, 5.74) is 9.84. The smallest absolute Gasteiger partial charge is 0.143 e. The molecule has 0 atom stereocenters. The Bertz CT molecular complexity index is 276. The molecule has 0 unspecified atom stereocenters. The van der Waals surface area contributed by atoms with E-state index < -0.39 is 0 Å². The first-order chi connectivity index (χ1) is 6.27. The van der Waals surface area contributed by atoms with Crippen molar-refractivity contribution in [3.05, 3.63) is 18.2 Å². The summed E-state index contributed by atoms with van der Waals surface area (Å²) in [7, 11) is 1.58. The molecule has 0 bridgehead atoms. The lowest BCUT2D eigenvalue weighted by Crippen LogP contribution is -2.01. The summed E-state index contributed by atoms with van der Waals surface area (Å²) in [5, 5.41) is 0. The topological polar surface area (TPSA) is 56.5 Å². The van der Waals surface area contributed by atoms with Gasteiger partial charge in [-0.25, -0.2) is 0 Å². The normalized spacial score (nSPS) is 9.69. The number of methoxy groups -OCH3 is 1. The van der Waals surface area contributed by atoms with Crippen LogP contribution in [0.15, 0.2) is 18.2 Å². The number of nitrogens with one attached hydrogen (secondary N) is 1. The van der Waals surface area contributed by atoms with Crippen molar-refractivity contribution >= 4 is 11.4 Å². The maximum atomic E-state index is 5.64. The molecule has 1 rings (SSSR count). The highest BCUT2D eigenvalue weighted by Crippen LogP contribution is 2.24. The summed E-state index contributed by atoms with van der Waals surface area (Å²) in [4.78, 5) is 5.01. The summed E-state index contributed by atoms with van der Waals surface area (Å²) in [5.74, 6) is 0.643. The molecule has 4 nitrogen and oxygen atoms in total. The molecule has 72 valence electrons. The third-order valence-corrected chi connectivity index (χ3v) is 1.57. The van der Waals surface area contributed by atoms with Crippen LogP contribution in [0.2, 0.25) is 0 Å². The van der Waals surface area contributed by atoms with E-state index in [0.717, 1.165) is 5.69 Å². The molecule has 0 aromatic heterocycles. The predicted octanol–water partition coefficient (Wildman–Crippen LogP) is 1.64. The molecule has 13 heavy (non-hydrogen) atoms. The maximum Gasteiger partial charge on any atom is 0.143 e. The second kappa shape index (κ2) is 4.57. The van der Waals surface area contributed by atoms with Gasteiger partial charge in [-0.1, -0.05) is 0 Å². The first-order valence-electron chi connectivity index (χ1n) is 4.09. The van der Waals surface area contributed by atoms with Crippen molar-refractivity contribution in [2.24, 2.45) is 0 Å². The molecule has 0 amide bonds. The molecule has 0 fully saturated rings. The van der Waals surface area contributed by atoms with Gasteiger partial charge in [0.25, 0.3) is 0 Å². The Kier molecular flexibility index (Phi) is 3.40. The van der Waals surface area contributed by atoms with Crippen LogP contribution < -0.4 is 16.0 Å². The molecule has 0 saturated heterocycles. The van der Waals surface area contributed by atoms with E-state index in [1.165, 1.54) is 0 Å². The second-order valence-corrected chi connectivity index (χ2v) is 2.49. The first kappa shape index (κ1) is 9.67. The van der Waals surface area contributed by atoms with Crippen LogP contribution in [0.25, 0.3) is 0 Å². The van der Waals surface area contributed by atoms with Crippen LogP contribution >= 0.6 is 0 Å². The Morgan fingerprint density at radius 1 is 1.46 bits per heavy atom. The Hall–Kier alpha value is -1.42. The van der Waals surface area contributed by atoms with E-state index >= 15 is 0 Å². The average molecular weight is 182 g/mol. The number of rotatable bonds is 4. The van der Waals surface area contributed by atoms with Gasteiger partial charge in [0.15, 0.2) is 0 Å². The van der Waals surface area contributed by atoms with E-state index in [4.69, 9.17) is 15.3 Å². The molecule has 0 aliphatic rings. The highest BCUT2D eigenvalue weighted by atomic mass is 16.6. The number of ether oxygens (including phenoxy) is 1. The lowest BCUT2D eigenvalue weighted by atomic mass is 10.2. The van der Waals surface area contributed by atoms with Crippen molar-refractivity contribution in [2.45, 2.75) is 6.92 Å². The maximum absolute atomic E-state index is 5.64. The van der Waals surface area contributed by atoms with Gasteiger partial charge in [0.05, 0.1) is 25.1 Å². The molecule has 4 heteroatoms. The molecule has 1 aromatic rings. The lowest BCUT2D eigenvalue weighted by molar-refractivity contribution is 0.210. The van der Waals surface area contributed by atoms with E-state index in [-0.39, 0.29) is 0 Å². The van der Waals surface area contributed by atoms with Crippen LogP contribution in [0.5, 0.6) is 5.75 Å². The summed E-state index contributed by atoms with van der Waals surface area (Å²) < 4.78 is 5.05. The van der Waals surface area contributed by atoms with Gasteiger partial charge in [0.2, 0.25) is 0 Å². The van der Waals surface area contributed by atoms with E-state index in [1.807, 2.05) is 13.0 Å². The largest absolute Gasteiger partial charge is 0.495 e. The van der Waals surface area contributed by atoms with Crippen LogP contribution in [0.4, 0.5) is 11.4 Å². The summed E-state index contributed by atoms with van der Waals surface area (Å²) in [6, 6.07) is 5.37. The van der Waals surface area contributed by atoms with E-state index in [0.29, 0.717) is 18.0 Å². The summed E-state index contributed by atoms with van der Waals surface area (Å²) in [6.45, 7) is 2.51. The monoisotopic (exact) mass is 182 g/mol. The molecule has 0 spiro atoms. The molecule has 3 N–H and O–H groups in total. The second-order valence-electron chi connectivity index (χ2n) is 2.49. The number of hydrogen-bond acceptors (Lipinski definition) is 4.